The first-order valence-corrected chi connectivity index (χ1v) is 8.99. The van der Waals surface area contributed by atoms with Crippen LogP contribution in [0.1, 0.15) is 38.3 Å². The number of aliphatic hydroxyl groups is 1. The van der Waals surface area contributed by atoms with E-state index in [-0.39, 0.29) is 18.2 Å². The van der Waals surface area contributed by atoms with Crippen LogP contribution in [-0.4, -0.2) is 57.8 Å². The van der Waals surface area contributed by atoms with Gasteiger partial charge in [-0.2, -0.15) is 0 Å². The fraction of sp³-hybridized carbons (Fsp3) is 0.579. The van der Waals surface area contributed by atoms with Crippen LogP contribution in [0.2, 0.25) is 0 Å². The summed E-state index contributed by atoms with van der Waals surface area (Å²) in [4.78, 5) is 25.2. The van der Waals surface area contributed by atoms with Gasteiger partial charge in [-0.3, -0.25) is 9.69 Å². The second-order valence-corrected chi connectivity index (χ2v) is 7.09. The number of phenols is 1. The number of hydrogen-bond acceptors (Lipinski definition) is 5. The highest BCUT2D eigenvalue weighted by molar-refractivity contribution is 5.83. The van der Waals surface area contributed by atoms with Gasteiger partial charge in [0.15, 0.2) is 0 Å². The SMILES string of the molecule is C[C@@H]1CCN(CCC(=O)N[C@@H](CO)C(=O)O)C(c2cccc(O)c2)[C@@H]1C. The van der Waals surface area contributed by atoms with Crippen molar-refractivity contribution in [1.82, 2.24) is 10.2 Å². The molecule has 1 aromatic carbocycles. The Morgan fingerprint density at radius 3 is 2.69 bits per heavy atom. The topological polar surface area (TPSA) is 110 Å². The molecule has 0 spiro atoms. The molecule has 1 fully saturated rings. The van der Waals surface area contributed by atoms with Crippen molar-refractivity contribution in [3.63, 3.8) is 0 Å². The number of aromatic hydroxyl groups is 1. The summed E-state index contributed by atoms with van der Waals surface area (Å²) in [6.07, 6.45) is 1.17. The van der Waals surface area contributed by atoms with E-state index in [1.54, 1.807) is 12.1 Å². The highest BCUT2D eigenvalue weighted by Crippen LogP contribution is 2.39. The van der Waals surface area contributed by atoms with Crippen LogP contribution in [-0.2, 0) is 9.59 Å². The first-order chi connectivity index (χ1) is 12.3. The van der Waals surface area contributed by atoms with Crippen LogP contribution >= 0.6 is 0 Å². The highest BCUT2D eigenvalue weighted by Gasteiger charge is 2.34. The van der Waals surface area contributed by atoms with Crippen LogP contribution in [0.25, 0.3) is 0 Å². The Labute approximate surface area is 153 Å². The van der Waals surface area contributed by atoms with Crippen molar-refractivity contribution >= 4 is 11.9 Å². The van der Waals surface area contributed by atoms with Crippen molar-refractivity contribution in [3.05, 3.63) is 29.8 Å². The monoisotopic (exact) mass is 364 g/mol. The number of carbonyl (C=O) groups is 2. The summed E-state index contributed by atoms with van der Waals surface area (Å²) in [6, 6.07) is 6.02. The van der Waals surface area contributed by atoms with Crippen LogP contribution in [0, 0.1) is 11.8 Å². The Bertz CT molecular complexity index is 636. The van der Waals surface area contributed by atoms with Crippen molar-refractivity contribution in [3.8, 4) is 5.75 Å². The van der Waals surface area contributed by atoms with Gasteiger partial charge in [-0.05, 0) is 42.5 Å². The summed E-state index contributed by atoms with van der Waals surface area (Å²) < 4.78 is 0. The molecule has 4 N–H and O–H groups in total. The van der Waals surface area contributed by atoms with Gasteiger partial charge in [0, 0.05) is 19.0 Å². The molecule has 1 aromatic rings. The Hall–Kier alpha value is -2.12. The lowest BCUT2D eigenvalue weighted by Crippen LogP contribution is -2.46. The summed E-state index contributed by atoms with van der Waals surface area (Å²) in [5.41, 5.74) is 1.02. The number of likely N-dealkylation sites (tertiary alicyclic amines) is 1. The van der Waals surface area contributed by atoms with E-state index in [2.05, 4.69) is 24.1 Å². The molecule has 1 heterocycles. The standard InChI is InChI=1S/C19H28N2O5/c1-12-6-8-21(9-7-17(24)20-16(11-22)19(25)26)18(13(12)2)14-4-3-5-15(23)10-14/h3-5,10,12-13,16,18,22-23H,6-9,11H2,1-2H3,(H,20,24)(H,25,26)/t12-,13-,16+,18?/m1/s1. The normalized spacial score (nSPS) is 24.8. The molecule has 7 heteroatoms. The van der Waals surface area contributed by atoms with E-state index in [0.717, 1.165) is 18.5 Å². The second-order valence-electron chi connectivity index (χ2n) is 7.09. The molecule has 0 bridgehead atoms. The lowest BCUT2D eigenvalue weighted by atomic mass is 9.79. The predicted octanol–water partition coefficient (Wildman–Crippen LogP) is 1.36. The van der Waals surface area contributed by atoms with Crippen LogP contribution in [0.3, 0.4) is 0 Å². The van der Waals surface area contributed by atoms with Crippen molar-refractivity contribution in [2.45, 2.75) is 38.8 Å². The molecule has 0 aromatic heterocycles. The molecule has 2 rings (SSSR count). The van der Waals surface area contributed by atoms with Crippen molar-refractivity contribution < 1.29 is 24.9 Å². The highest BCUT2D eigenvalue weighted by atomic mass is 16.4. The fourth-order valence-electron chi connectivity index (χ4n) is 3.59. The number of nitrogens with zero attached hydrogens (tertiary/aromatic N) is 1. The third kappa shape index (κ3) is 4.95. The lowest BCUT2D eigenvalue weighted by molar-refractivity contribution is -0.143. The molecule has 144 valence electrons. The molecule has 0 aliphatic carbocycles. The van der Waals surface area contributed by atoms with Gasteiger partial charge >= 0.3 is 5.97 Å². The van der Waals surface area contributed by atoms with Crippen LogP contribution in [0.4, 0.5) is 0 Å². The average Bonchev–Trinajstić information content (AvgIpc) is 2.60. The van der Waals surface area contributed by atoms with E-state index >= 15 is 0 Å². The maximum atomic E-state index is 12.1. The largest absolute Gasteiger partial charge is 0.508 e. The van der Waals surface area contributed by atoms with Gasteiger partial charge < -0.3 is 20.6 Å². The zero-order valence-electron chi connectivity index (χ0n) is 15.3. The molecule has 1 unspecified atom stereocenters. The van der Waals surface area contributed by atoms with Gasteiger partial charge in [0.1, 0.15) is 11.8 Å². The number of phenolic OH excluding ortho intramolecular Hbond substituents is 1. The zero-order chi connectivity index (χ0) is 19.3. The van der Waals surface area contributed by atoms with Crippen LogP contribution in [0.5, 0.6) is 5.75 Å². The molecule has 26 heavy (non-hydrogen) atoms. The van der Waals surface area contributed by atoms with Gasteiger partial charge in [-0.15, -0.1) is 0 Å². The molecule has 7 nitrogen and oxygen atoms in total. The fourth-order valence-corrected chi connectivity index (χ4v) is 3.59. The zero-order valence-corrected chi connectivity index (χ0v) is 15.3. The number of amides is 1. The summed E-state index contributed by atoms with van der Waals surface area (Å²) in [5.74, 6) is -0.541. The van der Waals surface area contributed by atoms with Crippen molar-refractivity contribution in [1.29, 1.82) is 0 Å². The number of nitrogens with one attached hydrogen (secondary N) is 1. The summed E-state index contributed by atoms with van der Waals surface area (Å²) in [6.45, 7) is 5.08. The maximum Gasteiger partial charge on any atom is 0.328 e. The van der Waals surface area contributed by atoms with Crippen LogP contribution in [0.15, 0.2) is 24.3 Å². The van der Waals surface area contributed by atoms with Gasteiger partial charge in [-0.25, -0.2) is 4.79 Å². The third-order valence-corrected chi connectivity index (χ3v) is 5.31. The third-order valence-electron chi connectivity index (χ3n) is 5.31. The Morgan fingerprint density at radius 1 is 1.35 bits per heavy atom. The molecular weight excluding hydrogens is 336 g/mol. The number of carboxylic acids is 1. The number of rotatable bonds is 7. The minimum absolute atomic E-state index is 0.0896. The van der Waals surface area contributed by atoms with E-state index in [1.807, 2.05) is 12.1 Å². The number of benzene rings is 1. The molecule has 1 saturated heterocycles. The number of carbonyl (C=O) groups excluding carboxylic acids is 1. The summed E-state index contributed by atoms with van der Waals surface area (Å²) in [5, 5.41) is 30.1. The molecule has 0 saturated carbocycles. The van der Waals surface area contributed by atoms with Crippen LogP contribution < -0.4 is 5.32 Å². The molecule has 0 radical (unpaired) electrons. The van der Waals surface area contributed by atoms with Crippen molar-refractivity contribution in [2.24, 2.45) is 11.8 Å². The number of aliphatic hydroxyl groups excluding tert-OH is 1. The molecule has 4 atom stereocenters. The van der Waals surface area contributed by atoms with E-state index in [1.165, 1.54) is 0 Å². The Balaban J connectivity index is 2.06. The quantitative estimate of drug-likeness (QED) is 0.582. The van der Waals surface area contributed by atoms with Gasteiger partial charge in [0.2, 0.25) is 5.91 Å². The smallest absolute Gasteiger partial charge is 0.328 e. The Morgan fingerprint density at radius 2 is 2.08 bits per heavy atom. The Kier molecular flexibility index (Phi) is 6.99. The second kappa shape index (κ2) is 9.00. The molecule has 1 aliphatic heterocycles. The van der Waals surface area contributed by atoms with E-state index in [9.17, 15) is 14.7 Å². The van der Waals surface area contributed by atoms with E-state index in [4.69, 9.17) is 10.2 Å². The van der Waals surface area contributed by atoms with E-state index in [0.29, 0.717) is 18.4 Å². The average molecular weight is 364 g/mol. The minimum atomic E-state index is -1.27. The summed E-state index contributed by atoms with van der Waals surface area (Å²) >= 11 is 0. The molecule has 1 amide bonds. The van der Waals surface area contributed by atoms with Gasteiger partial charge in [0.05, 0.1) is 6.61 Å². The van der Waals surface area contributed by atoms with E-state index < -0.39 is 24.5 Å². The van der Waals surface area contributed by atoms with Gasteiger partial charge in [-0.1, -0.05) is 26.0 Å². The maximum absolute atomic E-state index is 12.1. The predicted molar refractivity (Wildman–Crippen MR) is 96.6 cm³/mol. The number of carboxylic acid groups (broad SMARTS) is 1. The van der Waals surface area contributed by atoms with Gasteiger partial charge in [0.25, 0.3) is 0 Å². The first kappa shape index (κ1) is 20.2. The molecular formula is C19H28N2O5. The number of aliphatic carboxylic acids is 1. The number of hydrogen-bond donors (Lipinski definition) is 4. The van der Waals surface area contributed by atoms with Crippen molar-refractivity contribution in [2.75, 3.05) is 19.7 Å². The summed E-state index contributed by atoms with van der Waals surface area (Å²) in [7, 11) is 0. The molecule has 1 aliphatic rings. The first-order valence-electron chi connectivity index (χ1n) is 8.99. The lowest BCUT2D eigenvalue weighted by Gasteiger charge is -2.43. The minimum Gasteiger partial charge on any atom is -0.508 e. The number of piperidine rings is 1.